The molecule has 15 nitrogen and oxygen atoms in total. The van der Waals surface area contributed by atoms with Gasteiger partial charge in [0.25, 0.3) is 0 Å². The van der Waals surface area contributed by atoms with E-state index in [1.165, 1.54) is 88.5 Å². The highest BCUT2D eigenvalue weighted by atomic mass is 19.4. The Morgan fingerprint density at radius 1 is 0.478 bits per heavy atom. The van der Waals surface area contributed by atoms with Crippen LogP contribution in [0, 0.1) is 29.1 Å². The van der Waals surface area contributed by atoms with Crippen LogP contribution in [0.15, 0.2) is 159 Å². The number of halogens is 3. The van der Waals surface area contributed by atoms with Gasteiger partial charge in [-0.25, -0.2) is 24.0 Å². The summed E-state index contributed by atoms with van der Waals surface area (Å²) in [5.74, 6) is 2.23. The summed E-state index contributed by atoms with van der Waals surface area (Å²) in [7, 11) is 0. The first-order valence-electron chi connectivity index (χ1n) is 30.9. The lowest BCUT2D eigenvalue weighted by molar-refractivity contribution is -0.274. The topological polar surface area (TPSA) is 192 Å². The summed E-state index contributed by atoms with van der Waals surface area (Å²) >= 11 is 0. The van der Waals surface area contributed by atoms with Crippen LogP contribution < -0.4 is 23.7 Å². The Labute approximate surface area is 527 Å². The van der Waals surface area contributed by atoms with Crippen molar-refractivity contribution in [2.24, 2.45) is 17.8 Å². The maximum Gasteiger partial charge on any atom is 0.573 e. The maximum atomic E-state index is 12.7. The van der Waals surface area contributed by atoms with Gasteiger partial charge in [-0.3, -0.25) is 0 Å². The molecular weight excluding hydrogens is 1160 g/mol. The van der Waals surface area contributed by atoms with Crippen LogP contribution in [0.4, 0.5) is 13.2 Å². The number of benzene rings is 5. The summed E-state index contributed by atoms with van der Waals surface area (Å²) in [6.07, 6.45) is 18.6. The van der Waals surface area contributed by atoms with E-state index in [1.807, 2.05) is 48.5 Å². The van der Waals surface area contributed by atoms with Crippen molar-refractivity contribution in [1.82, 2.24) is 0 Å². The highest BCUT2D eigenvalue weighted by molar-refractivity contribution is 5.91. The number of hydrogen-bond acceptors (Lipinski definition) is 15. The second-order valence-electron chi connectivity index (χ2n) is 21.7. The van der Waals surface area contributed by atoms with E-state index in [0.717, 1.165) is 109 Å². The van der Waals surface area contributed by atoms with Gasteiger partial charge in [0.2, 0.25) is 0 Å². The van der Waals surface area contributed by atoms with E-state index in [9.17, 15) is 37.1 Å². The molecule has 5 aromatic carbocycles. The Hall–Kier alpha value is -8.85. The van der Waals surface area contributed by atoms with E-state index in [4.69, 9.17) is 43.2 Å². The molecule has 482 valence electrons. The van der Waals surface area contributed by atoms with Gasteiger partial charge in [-0.1, -0.05) is 89.5 Å². The van der Waals surface area contributed by atoms with E-state index in [0.29, 0.717) is 62.8 Å². The van der Waals surface area contributed by atoms with Crippen molar-refractivity contribution in [2.75, 3.05) is 39.6 Å². The van der Waals surface area contributed by atoms with Gasteiger partial charge in [-0.05, 0) is 203 Å². The molecule has 0 heterocycles. The number of hydrogen-bond donors (Lipinski definition) is 0. The number of carbonyl (C=O) groups is 5. The molecule has 0 amide bonds. The predicted molar refractivity (Wildman–Crippen MR) is 336 cm³/mol. The third kappa shape index (κ3) is 28.5. The molecular formula is C72H84F3NO14. The number of rotatable bonds is 32. The number of unbranched alkanes of at least 4 members (excludes halogenated alkanes) is 5. The van der Waals surface area contributed by atoms with Crippen LogP contribution in [-0.4, -0.2) is 82.0 Å². The van der Waals surface area contributed by atoms with Gasteiger partial charge in [0, 0.05) is 18.2 Å². The number of ether oxygens (including phenoxy) is 9. The minimum atomic E-state index is -4.79. The molecule has 7 rings (SSSR count). The quantitative estimate of drug-likeness (QED) is 0.0130. The van der Waals surface area contributed by atoms with Crippen molar-refractivity contribution in [1.29, 1.82) is 5.26 Å². The number of nitriles is 1. The Balaban J connectivity index is 0.000000251. The highest BCUT2D eigenvalue weighted by Crippen LogP contribution is 2.42. The molecule has 0 radical (unpaired) electrons. The standard InChI is InChI=1S/C31H46O5.C21H19F3O6.C20H19NO3/c1-3-5-6-9-24-10-12-25(13-11-24)26-14-20-29(21-15-26)36-31(33)27-16-18-28(19-17-27)34-22-7-8-23-35-30(32)4-2;1-2-19(25)28-14-4-3-13-27-16-7-5-15(6-8-16)20(26)29-17-9-11-18(12-10-17)30-21(22,23)24;1-2-20(22)24-14-4-3-13-23-19-11-9-18(10-12-19)17-7-5-16(15-21)6-8-17/h4,16-19,24-26,29H,2-3,5-15,20-23H2,1H3;2,5-12H,1,3-4,13-14H2;2,5-12H,1,3-4,13-14H2. The van der Waals surface area contributed by atoms with E-state index in [2.05, 4.69) is 37.5 Å². The van der Waals surface area contributed by atoms with Crippen molar-refractivity contribution in [3.63, 3.8) is 0 Å². The van der Waals surface area contributed by atoms with E-state index in [1.54, 1.807) is 36.4 Å². The average Bonchev–Trinajstić information content (AvgIpc) is 3.17. The fourth-order valence-electron chi connectivity index (χ4n) is 10.1. The molecule has 5 aromatic rings. The Morgan fingerprint density at radius 3 is 1.27 bits per heavy atom. The van der Waals surface area contributed by atoms with Gasteiger partial charge >= 0.3 is 36.2 Å². The third-order valence-electron chi connectivity index (χ3n) is 15.1. The molecule has 0 atom stereocenters. The molecule has 0 aliphatic heterocycles. The Bertz CT molecular complexity index is 3000. The van der Waals surface area contributed by atoms with Crippen LogP contribution in [0.1, 0.15) is 149 Å². The summed E-state index contributed by atoms with van der Waals surface area (Å²) in [5.41, 5.74) is 3.60. The van der Waals surface area contributed by atoms with Crippen molar-refractivity contribution in [3.8, 4) is 45.9 Å². The molecule has 0 saturated heterocycles. The summed E-state index contributed by atoms with van der Waals surface area (Å²) < 4.78 is 82.7. The Kier molecular flexibility index (Phi) is 32.5. The summed E-state index contributed by atoms with van der Waals surface area (Å²) in [6, 6.07) is 35.2. The number of esters is 5. The molecule has 0 aromatic heterocycles. The predicted octanol–water partition coefficient (Wildman–Crippen LogP) is 16.5. The van der Waals surface area contributed by atoms with Gasteiger partial charge in [0.05, 0.1) is 62.4 Å². The van der Waals surface area contributed by atoms with Crippen molar-refractivity contribution in [3.05, 3.63) is 176 Å². The third-order valence-corrected chi connectivity index (χ3v) is 15.1. The number of alkyl halides is 3. The average molecular weight is 1240 g/mol. The summed E-state index contributed by atoms with van der Waals surface area (Å²) in [6.45, 7) is 14.8. The summed E-state index contributed by atoms with van der Waals surface area (Å²) in [4.78, 5) is 57.5. The van der Waals surface area contributed by atoms with E-state index in [-0.39, 0.29) is 30.0 Å². The fraction of sp³-hybridized carbons (Fsp3) is 0.417. The zero-order valence-electron chi connectivity index (χ0n) is 51.5. The molecule has 2 fully saturated rings. The van der Waals surface area contributed by atoms with Gasteiger partial charge in [0.15, 0.2) is 0 Å². The van der Waals surface area contributed by atoms with Crippen LogP contribution in [0.5, 0.6) is 28.7 Å². The van der Waals surface area contributed by atoms with E-state index >= 15 is 0 Å². The minimum absolute atomic E-state index is 0.0465. The largest absolute Gasteiger partial charge is 0.573 e. The van der Waals surface area contributed by atoms with Gasteiger partial charge in [-0.2, -0.15) is 5.26 Å². The van der Waals surface area contributed by atoms with Crippen molar-refractivity contribution >= 4 is 29.8 Å². The van der Waals surface area contributed by atoms with Crippen molar-refractivity contribution in [2.45, 2.75) is 135 Å². The molecule has 0 unspecified atom stereocenters. The smallest absolute Gasteiger partial charge is 0.494 e. The first-order chi connectivity index (χ1) is 43.6. The van der Waals surface area contributed by atoms with Crippen LogP contribution in [-0.2, 0) is 33.3 Å². The molecule has 0 N–H and O–H groups in total. The van der Waals surface area contributed by atoms with Crippen LogP contribution in [0.3, 0.4) is 0 Å². The normalized spacial score (nSPS) is 15.8. The molecule has 18 heteroatoms. The molecule has 0 bridgehead atoms. The zero-order chi connectivity index (χ0) is 64.8. The van der Waals surface area contributed by atoms with Gasteiger partial charge < -0.3 is 42.6 Å². The fourth-order valence-corrected chi connectivity index (χ4v) is 10.1. The Morgan fingerprint density at radius 2 is 0.856 bits per heavy atom. The zero-order valence-corrected chi connectivity index (χ0v) is 51.5. The van der Waals surface area contributed by atoms with E-state index < -0.39 is 36.0 Å². The lowest BCUT2D eigenvalue weighted by Crippen LogP contribution is -2.29. The summed E-state index contributed by atoms with van der Waals surface area (Å²) in [5, 5.41) is 8.82. The molecule has 2 saturated carbocycles. The first-order valence-corrected chi connectivity index (χ1v) is 30.9. The monoisotopic (exact) mass is 1240 g/mol. The first kappa shape index (κ1) is 71.9. The minimum Gasteiger partial charge on any atom is -0.494 e. The molecule has 2 aliphatic rings. The SMILES string of the molecule is C=CC(=O)OCCCCOc1ccc(-c2ccc(C#N)cc2)cc1.C=CC(=O)OCCCCOc1ccc(C(=O)OC2CCC(C3CCC(CCCCC)CC3)CC2)cc1.C=CC(=O)OCCCCOc1ccc(C(=O)Oc2ccc(OC(F)(F)F)cc2)cc1. The molecule has 0 spiro atoms. The van der Waals surface area contributed by atoms with Crippen LogP contribution in [0.2, 0.25) is 0 Å². The van der Waals surface area contributed by atoms with Crippen LogP contribution >= 0.6 is 0 Å². The van der Waals surface area contributed by atoms with Gasteiger partial charge in [-0.15, -0.1) is 13.2 Å². The second-order valence-corrected chi connectivity index (χ2v) is 21.7. The lowest BCUT2D eigenvalue weighted by atomic mass is 9.70. The lowest BCUT2D eigenvalue weighted by Gasteiger charge is -2.37. The maximum absolute atomic E-state index is 12.7. The van der Waals surface area contributed by atoms with Crippen molar-refractivity contribution < 1.29 is 79.8 Å². The number of carbonyl (C=O) groups excluding carboxylic acids is 5. The van der Waals surface area contributed by atoms with Crippen LogP contribution in [0.25, 0.3) is 11.1 Å². The second kappa shape index (κ2) is 40.6. The molecule has 2 aliphatic carbocycles. The molecule has 90 heavy (non-hydrogen) atoms. The van der Waals surface area contributed by atoms with Gasteiger partial charge in [0.1, 0.15) is 34.9 Å². The highest BCUT2D eigenvalue weighted by Gasteiger charge is 2.33. The number of nitrogens with zero attached hydrogens (tertiary/aromatic N) is 1.